The van der Waals surface area contributed by atoms with Crippen LogP contribution >= 0.6 is 0 Å². The van der Waals surface area contributed by atoms with Crippen LogP contribution in [0.5, 0.6) is 0 Å². The highest BCUT2D eigenvalue weighted by Gasteiger charge is 2.16. The topological polar surface area (TPSA) is 0 Å². The maximum absolute atomic E-state index is 12.9. The third-order valence-electron chi connectivity index (χ3n) is 1.45. The van der Waals surface area contributed by atoms with Crippen LogP contribution in [0.4, 0.5) is 4.32 Å². The first-order valence-corrected chi connectivity index (χ1v) is 4.16. The molecule has 0 heterocycles. The van der Waals surface area contributed by atoms with E-state index in [0.29, 0.717) is 11.8 Å². The first kappa shape index (κ1) is 9.99. The Morgan fingerprint density at radius 1 is 1.00 bits per heavy atom. The molecule has 0 bridgehead atoms. The summed E-state index contributed by atoms with van der Waals surface area (Å²) < 4.78 is 12.9. The van der Waals surface area contributed by atoms with Crippen LogP contribution in [0.15, 0.2) is 0 Å². The lowest BCUT2D eigenvalue weighted by atomic mass is 9.59. The van der Waals surface area contributed by atoms with Crippen LogP contribution in [-0.4, -0.2) is 6.99 Å². The predicted octanol–water partition coefficient (Wildman–Crippen LogP) is 3.26. The molecule has 0 rings (SSSR count). The fraction of sp³-hybridized carbons (Fsp3) is 1.00. The first-order chi connectivity index (χ1) is 4.52. The van der Waals surface area contributed by atoms with E-state index in [1.165, 1.54) is 0 Å². The molecule has 0 saturated heterocycles. The molecule has 10 heavy (non-hydrogen) atoms. The van der Waals surface area contributed by atoms with E-state index in [1.807, 2.05) is 0 Å². The summed E-state index contributed by atoms with van der Waals surface area (Å²) >= 11 is 0. The quantitative estimate of drug-likeness (QED) is 0.531. The number of hydrogen-bond acceptors (Lipinski definition) is 0. The molecule has 0 atom stereocenters. The van der Waals surface area contributed by atoms with Gasteiger partial charge in [0.2, 0.25) is 0 Å². The van der Waals surface area contributed by atoms with E-state index in [4.69, 9.17) is 0 Å². The molecule has 0 aromatic heterocycles. The summed E-state index contributed by atoms with van der Waals surface area (Å²) in [5.41, 5.74) is 0. The van der Waals surface area contributed by atoms with Gasteiger partial charge in [0.25, 0.3) is 0 Å². The zero-order valence-corrected chi connectivity index (χ0v) is 7.52. The zero-order chi connectivity index (χ0) is 8.15. The lowest BCUT2D eigenvalue weighted by molar-refractivity contribution is 0.640. The van der Waals surface area contributed by atoms with Crippen molar-refractivity contribution in [3.05, 3.63) is 0 Å². The molecule has 2 heteroatoms. The molecule has 0 aliphatic rings. The SMILES string of the molecule is CC(C)CB(F)CC(C)C. The van der Waals surface area contributed by atoms with Gasteiger partial charge < -0.3 is 4.32 Å². The minimum absolute atomic E-state index is 0.494. The minimum Gasteiger partial charge on any atom is -0.336 e. The minimum atomic E-state index is -0.583. The molecule has 0 fully saturated rings. The smallest absolute Gasteiger partial charge is 0.336 e. The summed E-state index contributed by atoms with van der Waals surface area (Å²) in [4.78, 5) is 0. The molecule has 0 aromatic rings. The van der Waals surface area contributed by atoms with Crippen LogP contribution in [0.2, 0.25) is 12.6 Å². The van der Waals surface area contributed by atoms with Gasteiger partial charge in [-0.3, -0.25) is 0 Å². The van der Waals surface area contributed by atoms with Gasteiger partial charge in [-0.1, -0.05) is 39.5 Å². The molecule has 0 saturated carbocycles. The van der Waals surface area contributed by atoms with Gasteiger partial charge in [-0.2, -0.15) is 0 Å². The van der Waals surface area contributed by atoms with Gasteiger partial charge in [0, 0.05) is 0 Å². The van der Waals surface area contributed by atoms with Gasteiger partial charge in [-0.25, -0.2) is 0 Å². The van der Waals surface area contributed by atoms with Gasteiger partial charge >= 0.3 is 6.99 Å². The molecule has 0 nitrogen and oxygen atoms in total. The molecular formula is C8H18BF. The van der Waals surface area contributed by atoms with Gasteiger partial charge in [0.15, 0.2) is 0 Å². The van der Waals surface area contributed by atoms with Crippen molar-refractivity contribution >= 4 is 6.99 Å². The first-order valence-electron chi connectivity index (χ1n) is 4.16. The Labute approximate surface area is 64.3 Å². The summed E-state index contributed by atoms with van der Waals surface area (Å²) in [6.07, 6.45) is 1.44. The lowest BCUT2D eigenvalue weighted by Gasteiger charge is -2.08. The van der Waals surface area contributed by atoms with Crippen molar-refractivity contribution in [2.24, 2.45) is 11.8 Å². The predicted molar refractivity (Wildman–Crippen MR) is 46.2 cm³/mol. The highest BCUT2D eigenvalue weighted by molar-refractivity contribution is 6.51. The number of rotatable bonds is 4. The molecule has 0 aliphatic heterocycles. The molecule has 0 aromatic carbocycles. The fourth-order valence-electron chi connectivity index (χ4n) is 1.12. The molecule has 0 spiro atoms. The second-order valence-corrected chi connectivity index (χ2v) is 3.86. The van der Waals surface area contributed by atoms with Gasteiger partial charge in [0.1, 0.15) is 0 Å². The van der Waals surface area contributed by atoms with Crippen LogP contribution in [0.25, 0.3) is 0 Å². The fourth-order valence-corrected chi connectivity index (χ4v) is 1.12. The zero-order valence-electron chi connectivity index (χ0n) is 7.52. The van der Waals surface area contributed by atoms with Gasteiger partial charge in [-0.15, -0.1) is 0 Å². The second kappa shape index (κ2) is 4.76. The Bertz CT molecular complexity index is 71.3. The molecule has 0 radical (unpaired) electrons. The highest BCUT2D eigenvalue weighted by Crippen LogP contribution is 2.14. The third-order valence-corrected chi connectivity index (χ3v) is 1.45. The summed E-state index contributed by atoms with van der Waals surface area (Å²) in [6, 6.07) is 0. The van der Waals surface area contributed by atoms with E-state index in [1.54, 1.807) is 0 Å². The summed E-state index contributed by atoms with van der Waals surface area (Å²) in [5, 5.41) is 0. The number of halogens is 1. The Morgan fingerprint density at radius 3 is 1.50 bits per heavy atom. The van der Waals surface area contributed by atoms with E-state index in [0.717, 1.165) is 12.6 Å². The van der Waals surface area contributed by atoms with Crippen molar-refractivity contribution in [1.82, 2.24) is 0 Å². The van der Waals surface area contributed by atoms with Crippen molar-refractivity contribution in [1.29, 1.82) is 0 Å². The lowest BCUT2D eigenvalue weighted by Crippen LogP contribution is -2.11. The molecule has 0 aliphatic carbocycles. The normalized spacial score (nSPS) is 11.1. The Kier molecular flexibility index (Phi) is 4.75. The van der Waals surface area contributed by atoms with E-state index in [2.05, 4.69) is 27.7 Å². The average Bonchev–Trinajstić information content (AvgIpc) is 1.58. The molecular weight excluding hydrogens is 126 g/mol. The second-order valence-electron chi connectivity index (χ2n) is 3.86. The van der Waals surface area contributed by atoms with Gasteiger partial charge in [-0.05, 0) is 12.6 Å². The Balaban J connectivity index is 3.34. The monoisotopic (exact) mass is 144 g/mol. The van der Waals surface area contributed by atoms with Gasteiger partial charge in [0.05, 0.1) is 0 Å². The van der Waals surface area contributed by atoms with E-state index < -0.39 is 6.99 Å². The summed E-state index contributed by atoms with van der Waals surface area (Å²) in [5.74, 6) is 0.988. The van der Waals surface area contributed by atoms with Crippen molar-refractivity contribution in [3.63, 3.8) is 0 Å². The molecule has 60 valence electrons. The highest BCUT2D eigenvalue weighted by atomic mass is 19.1. The maximum atomic E-state index is 12.9. The van der Waals surface area contributed by atoms with Crippen LogP contribution in [-0.2, 0) is 0 Å². The maximum Gasteiger partial charge on any atom is 0.348 e. The Morgan fingerprint density at radius 2 is 1.30 bits per heavy atom. The van der Waals surface area contributed by atoms with E-state index in [9.17, 15) is 4.32 Å². The van der Waals surface area contributed by atoms with Crippen LogP contribution in [0.3, 0.4) is 0 Å². The van der Waals surface area contributed by atoms with Crippen LogP contribution in [0, 0.1) is 11.8 Å². The van der Waals surface area contributed by atoms with Crippen molar-refractivity contribution in [2.75, 3.05) is 0 Å². The molecule has 0 amide bonds. The largest absolute Gasteiger partial charge is 0.348 e. The Hall–Kier alpha value is -0.00506. The van der Waals surface area contributed by atoms with Crippen molar-refractivity contribution in [2.45, 2.75) is 40.3 Å². The number of hydrogen-bond donors (Lipinski definition) is 0. The summed E-state index contributed by atoms with van der Waals surface area (Å²) in [6.45, 7) is 7.67. The standard InChI is InChI=1S/C8H18BF/c1-7(2)5-9(10)6-8(3)4/h7-8H,5-6H2,1-4H3. The van der Waals surface area contributed by atoms with E-state index >= 15 is 0 Å². The summed E-state index contributed by atoms with van der Waals surface area (Å²) in [7, 11) is 0. The molecule has 0 unspecified atom stereocenters. The third kappa shape index (κ3) is 6.12. The van der Waals surface area contributed by atoms with Crippen molar-refractivity contribution < 1.29 is 4.32 Å². The van der Waals surface area contributed by atoms with Crippen LogP contribution < -0.4 is 0 Å². The molecule has 0 N–H and O–H groups in total. The van der Waals surface area contributed by atoms with E-state index in [-0.39, 0.29) is 0 Å². The van der Waals surface area contributed by atoms with Crippen LogP contribution in [0.1, 0.15) is 27.7 Å². The average molecular weight is 144 g/mol. The van der Waals surface area contributed by atoms with Crippen molar-refractivity contribution in [3.8, 4) is 0 Å².